The van der Waals surface area contributed by atoms with Crippen molar-refractivity contribution >= 4 is 5.69 Å². The zero-order valence-corrected chi connectivity index (χ0v) is 10.9. The van der Waals surface area contributed by atoms with Crippen LogP contribution in [0.5, 0.6) is 0 Å². The van der Waals surface area contributed by atoms with Gasteiger partial charge < -0.3 is 5.32 Å². The molecule has 0 saturated carbocycles. The number of anilines is 1. The number of aryl methyl sites for hydroxylation is 3. The first-order chi connectivity index (χ1) is 8.56. The third-order valence-corrected chi connectivity index (χ3v) is 3.16. The molecule has 1 aromatic carbocycles. The zero-order valence-electron chi connectivity index (χ0n) is 10.9. The predicted molar refractivity (Wildman–Crippen MR) is 72.2 cm³/mol. The molecule has 0 aliphatic carbocycles. The van der Waals surface area contributed by atoms with E-state index in [4.69, 9.17) is 0 Å². The van der Waals surface area contributed by atoms with E-state index in [1.165, 1.54) is 34.5 Å². The van der Waals surface area contributed by atoms with Gasteiger partial charge in [0.1, 0.15) is 0 Å². The minimum Gasteiger partial charge on any atom is -0.380 e. The van der Waals surface area contributed by atoms with E-state index < -0.39 is 5.95 Å². The summed E-state index contributed by atoms with van der Waals surface area (Å²) in [5.41, 5.74) is 5.94. The van der Waals surface area contributed by atoms with Crippen LogP contribution in [-0.2, 0) is 6.54 Å². The van der Waals surface area contributed by atoms with Gasteiger partial charge in [0, 0.05) is 6.54 Å². The van der Waals surface area contributed by atoms with Crippen molar-refractivity contribution in [3.63, 3.8) is 0 Å². The standard InChI is InChI=1S/C15H17FN2/c1-10-6-12(3)13(7-11(10)2)8-17-14-4-5-15(16)18-9-14/h4-7,9,17H,8H2,1-3H3. The van der Waals surface area contributed by atoms with E-state index in [0.29, 0.717) is 0 Å². The molecule has 1 N–H and O–H groups in total. The Hall–Kier alpha value is -1.90. The Morgan fingerprint density at radius 1 is 1.06 bits per heavy atom. The molecule has 0 bridgehead atoms. The van der Waals surface area contributed by atoms with E-state index in [0.717, 1.165) is 12.2 Å². The fourth-order valence-corrected chi connectivity index (χ4v) is 1.89. The Bertz CT molecular complexity index is 547. The van der Waals surface area contributed by atoms with Crippen LogP contribution in [-0.4, -0.2) is 4.98 Å². The molecule has 3 heteroatoms. The molecule has 18 heavy (non-hydrogen) atoms. The molecular weight excluding hydrogens is 227 g/mol. The maximum Gasteiger partial charge on any atom is 0.212 e. The average molecular weight is 244 g/mol. The first-order valence-corrected chi connectivity index (χ1v) is 5.98. The summed E-state index contributed by atoms with van der Waals surface area (Å²) >= 11 is 0. The normalized spacial score (nSPS) is 10.4. The average Bonchev–Trinajstić information content (AvgIpc) is 2.34. The van der Waals surface area contributed by atoms with Crippen LogP contribution < -0.4 is 5.32 Å². The molecule has 0 fully saturated rings. The van der Waals surface area contributed by atoms with E-state index in [9.17, 15) is 4.39 Å². The van der Waals surface area contributed by atoms with Gasteiger partial charge in [0.15, 0.2) is 0 Å². The molecule has 1 heterocycles. The van der Waals surface area contributed by atoms with Crippen LogP contribution in [0.25, 0.3) is 0 Å². The first kappa shape index (κ1) is 12.6. The van der Waals surface area contributed by atoms with E-state index in [-0.39, 0.29) is 0 Å². The zero-order chi connectivity index (χ0) is 13.1. The van der Waals surface area contributed by atoms with Crippen LogP contribution >= 0.6 is 0 Å². The number of nitrogens with one attached hydrogen (secondary N) is 1. The van der Waals surface area contributed by atoms with Crippen LogP contribution in [0, 0.1) is 26.7 Å². The number of hydrogen-bond donors (Lipinski definition) is 1. The second-order valence-corrected chi connectivity index (χ2v) is 4.59. The summed E-state index contributed by atoms with van der Waals surface area (Å²) in [7, 11) is 0. The summed E-state index contributed by atoms with van der Waals surface area (Å²) in [6.45, 7) is 7.05. The van der Waals surface area contributed by atoms with Gasteiger partial charge in [-0.1, -0.05) is 12.1 Å². The first-order valence-electron chi connectivity index (χ1n) is 5.98. The fourth-order valence-electron chi connectivity index (χ4n) is 1.89. The Morgan fingerprint density at radius 2 is 1.78 bits per heavy atom. The molecule has 2 aromatic rings. The number of rotatable bonds is 3. The quantitative estimate of drug-likeness (QED) is 0.831. The van der Waals surface area contributed by atoms with Crippen molar-refractivity contribution in [3.8, 4) is 0 Å². The van der Waals surface area contributed by atoms with Crippen LogP contribution in [0.15, 0.2) is 30.5 Å². The third-order valence-electron chi connectivity index (χ3n) is 3.16. The van der Waals surface area contributed by atoms with Crippen molar-refractivity contribution in [3.05, 3.63) is 58.7 Å². The second kappa shape index (κ2) is 5.17. The lowest BCUT2D eigenvalue weighted by Gasteiger charge is -2.11. The summed E-state index contributed by atoms with van der Waals surface area (Å²) in [5, 5.41) is 3.25. The molecule has 0 aliphatic rings. The predicted octanol–water partition coefficient (Wildman–Crippen LogP) is 3.76. The maximum absolute atomic E-state index is 12.7. The van der Waals surface area contributed by atoms with Gasteiger partial charge in [-0.2, -0.15) is 4.39 Å². The molecule has 1 aromatic heterocycles. The molecule has 0 aliphatic heterocycles. The lowest BCUT2D eigenvalue weighted by Crippen LogP contribution is -2.03. The molecular formula is C15H17FN2. The van der Waals surface area contributed by atoms with Crippen LogP contribution in [0.1, 0.15) is 22.3 Å². The minimum absolute atomic E-state index is 0.456. The highest BCUT2D eigenvalue weighted by Crippen LogP contribution is 2.17. The molecule has 0 radical (unpaired) electrons. The van der Waals surface area contributed by atoms with Gasteiger partial charge in [0.05, 0.1) is 11.9 Å². The summed E-state index contributed by atoms with van der Waals surface area (Å²) in [6, 6.07) is 7.43. The summed E-state index contributed by atoms with van der Waals surface area (Å²) in [6.07, 6.45) is 1.51. The topological polar surface area (TPSA) is 24.9 Å². The van der Waals surface area contributed by atoms with Gasteiger partial charge in [-0.3, -0.25) is 0 Å². The molecule has 0 spiro atoms. The van der Waals surface area contributed by atoms with Gasteiger partial charge in [0.25, 0.3) is 0 Å². The summed E-state index contributed by atoms with van der Waals surface area (Å²) < 4.78 is 12.7. The van der Waals surface area contributed by atoms with Crippen molar-refractivity contribution in [2.75, 3.05) is 5.32 Å². The highest BCUT2D eigenvalue weighted by atomic mass is 19.1. The highest BCUT2D eigenvalue weighted by Gasteiger charge is 2.02. The van der Waals surface area contributed by atoms with Crippen molar-refractivity contribution in [1.29, 1.82) is 0 Å². The molecule has 0 saturated heterocycles. The number of nitrogens with zero attached hydrogens (tertiary/aromatic N) is 1. The van der Waals surface area contributed by atoms with Gasteiger partial charge in [-0.05, 0) is 55.2 Å². The molecule has 94 valence electrons. The summed E-state index contributed by atoms with van der Waals surface area (Å²) in [5.74, 6) is -0.456. The largest absolute Gasteiger partial charge is 0.380 e. The van der Waals surface area contributed by atoms with Gasteiger partial charge in [-0.15, -0.1) is 0 Å². The molecule has 0 unspecified atom stereocenters. The second-order valence-electron chi connectivity index (χ2n) is 4.59. The van der Waals surface area contributed by atoms with Gasteiger partial charge in [-0.25, -0.2) is 4.98 Å². The Labute approximate surface area is 107 Å². The van der Waals surface area contributed by atoms with Gasteiger partial charge in [0.2, 0.25) is 5.95 Å². The van der Waals surface area contributed by atoms with Crippen molar-refractivity contribution < 1.29 is 4.39 Å². The van der Waals surface area contributed by atoms with Gasteiger partial charge >= 0.3 is 0 Å². The Morgan fingerprint density at radius 3 is 2.44 bits per heavy atom. The van der Waals surface area contributed by atoms with E-state index >= 15 is 0 Å². The monoisotopic (exact) mass is 244 g/mol. The van der Waals surface area contributed by atoms with Crippen LogP contribution in [0.4, 0.5) is 10.1 Å². The molecule has 2 rings (SSSR count). The molecule has 0 atom stereocenters. The lowest BCUT2D eigenvalue weighted by atomic mass is 10.0. The maximum atomic E-state index is 12.7. The van der Waals surface area contributed by atoms with E-state index in [1.807, 2.05) is 0 Å². The number of hydrogen-bond acceptors (Lipinski definition) is 2. The highest BCUT2D eigenvalue weighted by molar-refractivity contribution is 5.43. The van der Waals surface area contributed by atoms with E-state index in [2.05, 4.69) is 43.2 Å². The van der Waals surface area contributed by atoms with E-state index in [1.54, 1.807) is 6.07 Å². The van der Waals surface area contributed by atoms with Crippen molar-refractivity contribution in [2.24, 2.45) is 0 Å². The number of halogens is 1. The molecule has 2 nitrogen and oxygen atoms in total. The summed E-state index contributed by atoms with van der Waals surface area (Å²) in [4.78, 5) is 3.62. The smallest absolute Gasteiger partial charge is 0.212 e. The van der Waals surface area contributed by atoms with Crippen LogP contribution in [0.2, 0.25) is 0 Å². The number of benzene rings is 1. The fraction of sp³-hybridized carbons (Fsp3) is 0.267. The van der Waals surface area contributed by atoms with Crippen LogP contribution in [0.3, 0.4) is 0 Å². The third kappa shape index (κ3) is 2.86. The van der Waals surface area contributed by atoms with Crippen molar-refractivity contribution in [2.45, 2.75) is 27.3 Å². The molecule has 0 amide bonds. The van der Waals surface area contributed by atoms with Crippen molar-refractivity contribution in [1.82, 2.24) is 4.98 Å². The Kier molecular flexibility index (Phi) is 3.60. The Balaban J connectivity index is 2.10. The number of pyridine rings is 1. The minimum atomic E-state index is -0.456. The SMILES string of the molecule is Cc1cc(C)c(CNc2ccc(F)nc2)cc1C. The number of aromatic nitrogens is 1. The lowest BCUT2D eigenvalue weighted by molar-refractivity contribution is 0.584.